The molecule has 148 valence electrons. The summed E-state index contributed by atoms with van der Waals surface area (Å²) in [6, 6.07) is 11.1. The van der Waals surface area contributed by atoms with Crippen molar-refractivity contribution in [3.63, 3.8) is 0 Å². The number of nitrogens with one attached hydrogen (secondary N) is 1. The molecule has 0 aliphatic heterocycles. The number of nitrogens with zero attached hydrogens (tertiary/aromatic N) is 2. The lowest BCUT2D eigenvalue weighted by Gasteiger charge is -2.17. The Kier molecular flexibility index (Phi) is 5.07. The van der Waals surface area contributed by atoms with Crippen molar-refractivity contribution in [3.05, 3.63) is 64.4 Å². The molecule has 1 N–H and O–H groups in total. The summed E-state index contributed by atoms with van der Waals surface area (Å²) in [7, 11) is 1.63. The van der Waals surface area contributed by atoms with Crippen molar-refractivity contribution >= 4 is 27.5 Å². The summed E-state index contributed by atoms with van der Waals surface area (Å²) in [5, 5.41) is 3.99. The van der Waals surface area contributed by atoms with E-state index < -0.39 is 0 Å². The van der Waals surface area contributed by atoms with Gasteiger partial charge in [0, 0.05) is 10.9 Å². The van der Waals surface area contributed by atoms with E-state index in [0.717, 1.165) is 32.8 Å². The Bertz CT molecular complexity index is 1180. The number of aromatic nitrogens is 2. The molecule has 7 heteroatoms. The number of carbonyl (C=O) groups excluding carboxylic acids is 1. The van der Waals surface area contributed by atoms with E-state index in [1.807, 2.05) is 51.1 Å². The van der Waals surface area contributed by atoms with Crippen molar-refractivity contribution in [2.24, 2.45) is 0 Å². The molecule has 0 bridgehead atoms. The van der Waals surface area contributed by atoms with Crippen molar-refractivity contribution in [2.75, 3.05) is 7.11 Å². The van der Waals surface area contributed by atoms with E-state index in [4.69, 9.17) is 9.15 Å². The fraction of sp³-hybridized carbons (Fsp3) is 0.227. The predicted octanol–water partition coefficient (Wildman–Crippen LogP) is 5.07. The van der Waals surface area contributed by atoms with Gasteiger partial charge in [-0.05, 0) is 44.5 Å². The first-order chi connectivity index (χ1) is 14.0. The maximum atomic E-state index is 13.0. The first-order valence-corrected chi connectivity index (χ1v) is 10.1. The Morgan fingerprint density at radius 2 is 1.97 bits per heavy atom. The average molecular weight is 407 g/mol. The molecule has 0 spiro atoms. The number of para-hydroxylation sites is 1. The maximum absolute atomic E-state index is 13.0. The van der Waals surface area contributed by atoms with Crippen LogP contribution in [0.4, 0.5) is 0 Å². The van der Waals surface area contributed by atoms with Crippen LogP contribution >= 0.6 is 11.3 Å². The van der Waals surface area contributed by atoms with E-state index in [0.29, 0.717) is 16.5 Å². The van der Waals surface area contributed by atoms with E-state index in [2.05, 4.69) is 15.3 Å². The molecule has 4 rings (SSSR count). The molecular formula is C22H21N3O3S. The fourth-order valence-corrected chi connectivity index (χ4v) is 4.57. The Balaban J connectivity index is 1.67. The molecule has 3 aromatic heterocycles. The number of fused-ring (bicyclic) bond motifs is 1. The van der Waals surface area contributed by atoms with Crippen molar-refractivity contribution < 1.29 is 13.9 Å². The number of hydrogen-bond acceptors (Lipinski definition) is 6. The summed E-state index contributed by atoms with van der Waals surface area (Å²) >= 11 is 1.37. The SMILES string of the molecule is COc1ccccc1C(C)NC(=O)c1sc2nc(-c3ccco3)nc(C)c2c1C. The zero-order chi connectivity index (χ0) is 20.5. The molecule has 4 aromatic rings. The van der Waals surface area contributed by atoms with Gasteiger partial charge in [0.05, 0.1) is 30.0 Å². The van der Waals surface area contributed by atoms with Gasteiger partial charge in [-0.1, -0.05) is 18.2 Å². The lowest BCUT2D eigenvalue weighted by molar-refractivity contribution is 0.0943. The van der Waals surface area contributed by atoms with E-state index in [-0.39, 0.29) is 11.9 Å². The quantitative estimate of drug-likeness (QED) is 0.500. The smallest absolute Gasteiger partial charge is 0.262 e. The summed E-state index contributed by atoms with van der Waals surface area (Å²) in [6.45, 7) is 5.80. The van der Waals surface area contributed by atoms with Crippen LogP contribution in [0.3, 0.4) is 0 Å². The lowest BCUT2D eigenvalue weighted by Crippen LogP contribution is -2.26. The van der Waals surface area contributed by atoms with Gasteiger partial charge >= 0.3 is 0 Å². The number of hydrogen-bond donors (Lipinski definition) is 1. The van der Waals surface area contributed by atoms with Crippen molar-refractivity contribution in [2.45, 2.75) is 26.8 Å². The molecule has 0 saturated carbocycles. The Labute approximate surface area is 172 Å². The molecule has 6 nitrogen and oxygen atoms in total. The number of carbonyl (C=O) groups is 1. The van der Waals surface area contributed by atoms with Crippen LogP contribution in [0.5, 0.6) is 5.75 Å². The van der Waals surface area contributed by atoms with E-state index in [1.165, 1.54) is 11.3 Å². The third-order valence-corrected chi connectivity index (χ3v) is 6.06. The number of ether oxygens (including phenoxy) is 1. The molecule has 0 aliphatic carbocycles. The summed E-state index contributed by atoms with van der Waals surface area (Å²) < 4.78 is 10.8. The standard InChI is InChI=1S/C22H21N3O3S/c1-12-18-14(3)23-20(17-10-7-11-28-17)25-22(18)29-19(12)21(26)24-13(2)15-8-5-6-9-16(15)27-4/h5-11,13H,1-4H3,(H,24,26). The zero-order valence-electron chi connectivity index (χ0n) is 16.6. The molecule has 1 unspecified atom stereocenters. The third-order valence-electron chi connectivity index (χ3n) is 4.87. The number of amides is 1. The second-order valence-electron chi connectivity index (χ2n) is 6.78. The zero-order valence-corrected chi connectivity index (χ0v) is 17.5. The van der Waals surface area contributed by atoms with Gasteiger partial charge < -0.3 is 14.5 Å². The van der Waals surface area contributed by atoms with Gasteiger partial charge in [-0.2, -0.15) is 0 Å². The summed E-state index contributed by atoms with van der Waals surface area (Å²) in [5.74, 6) is 1.74. The van der Waals surface area contributed by atoms with Crippen LogP contribution in [0.25, 0.3) is 21.8 Å². The molecule has 0 fully saturated rings. The highest BCUT2D eigenvalue weighted by Gasteiger charge is 2.22. The second-order valence-corrected chi connectivity index (χ2v) is 7.78. The van der Waals surface area contributed by atoms with Crippen LogP contribution in [-0.2, 0) is 0 Å². The average Bonchev–Trinajstić information content (AvgIpc) is 3.36. The molecule has 0 aliphatic rings. The Morgan fingerprint density at radius 3 is 2.69 bits per heavy atom. The highest BCUT2D eigenvalue weighted by Crippen LogP contribution is 2.33. The van der Waals surface area contributed by atoms with Crippen LogP contribution in [0.1, 0.15) is 39.5 Å². The fourth-order valence-electron chi connectivity index (χ4n) is 3.44. The minimum absolute atomic E-state index is 0.136. The van der Waals surface area contributed by atoms with Gasteiger partial charge in [0.2, 0.25) is 0 Å². The molecule has 3 heterocycles. The van der Waals surface area contributed by atoms with Gasteiger partial charge in [0.25, 0.3) is 5.91 Å². The number of aryl methyl sites for hydroxylation is 2. The normalized spacial score (nSPS) is 12.1. The molecule has 1 aromatic carbocycles. The number of rotatable bonds is 5. The van der Waals surface area contributed by atoms with Gasteiger partial charge in [-0.3, -0.25) is 4.79 Å². The summed E-state index contributed by atoms with van der Waals surface area (Å²) in [6.07, 6.45) is 1.59. The Hall–Kier alpha value is -3.19. The van der Waals surface area contributed by atoms with Crippen LogP contribution in [0.2, 0.25) is 0 Å². The van der Waals surface area contributed by atoms with Crippen molar-refractivity contribution in [3.8, 4) is 17.3 Å². The predicted molar refractivity (Wildman–Crippen MR) is 113 cm³/mol. The third kappa shape index (κ3) is 3.49. The summed E-state index contributed by atoms with van der Waals surface area (Å²) in [4.78, 5) is 23.6. The first kappa shape index (κ1) is 19.1. The van der Waals surface area contributed by atoms with E-state index in [1.54, 1.807) is 19.4 Å². The van der Waals surface area contributed by atoms with Crippen LogP contribution in [-0.4, -0.2) is 23.0 Å². The summed E-state index contributed by atoms with van der Waals surface area (Å²) in [5.41, 5.74) is 2.64. The number of furan rings is 1. The largest absolute Gasteiger partial charge is 0.496 e. The van der Waals surface area contributed by atoms with E-state index >= 15 is 0 Å². The molecule has 1 amide bonds. The monoisotopic (exact) mass is 407 g/mol. The van der Waals surface area contributed by atoms with Gasteiger partial charge in [0.1, 0.15) is 10.6 Å². The maximum Gasteiger partial charge on any atom is 0.262 e. The minimum atomic E-state index is -0.200. The number of methoxy groups -OCH3 is 1. The van der Waals surface area contributed by atoms with Crippen LogP contribution in [0.15, 0.2) is 47.1 Å². The number of thiophene rings is 1. The first-order valence-electron chi connectivity index (χ1n) is 9.25. The minimum Gasteiger partial charge on any atom is -0.496 e. The molecular weight excluding hydrogens is 386 g/mol. The second kappa shape index (κ2) is 7.67. The van der Waals surface area contributed by atoms with Crippen LogP contribution in [0, 0.1) is 13.8 Å². The topological polar surface area (TPSA) is 77.2 Å². The number of benzene rings is 1. The lowest BCUT2D eigenvalue weighted by atomic mass is 10.1. The van der Waals surface area contributed by atoms with Gasteiger partial charge in [-0.25, -0.2) is 9.97 Å². The van der Waals surface area contributed by atoms with Crippen LogP contribution < -0.4 is 10.1 Å². The highest BCUT2D eigenvalue weighted by molar-refractivity contribution is 7.20. The van der Waals surface area contributed by atoms with Crippen molar-refractivity contribution in [1.29, 1.82) is 0 Å². The Morgan fingerprint density at radius 1 is 1.17 bits per heavy atom. The molecule has 0 saturated heterocycles. The highest BCUT2D eigenvalue weighted by atomic mass is 32.1. The van der Waals surface area contributed by atoms with Gasteiger partial charge in [-0.15, -0.1) is 11.3 Å². The van der Waals surface area contributed by atoms with E-state index in [9.17, 15) is 4.79 Å². The molecule has 1 atom stereocenters. The molecule has 29 heavy (non-hydrogen) atoms. The molecule has 0 radical (unpaired) electrons. The van der Waals surface area contributed by atoms with Gasteiger partial charge in [0.15, 0.2) is 11.6 Å². The van der Waals surface area contributed by atoms with Crippen molar-refractivity contribution in [1.82, 2.24) is 15.3 Å².